The number of ether oxygens (including phenoxy) is 1. The van der Waals surface area contributed by atoms with Crippen LogP contribution in [0.3, 0.4) is 0 Å². The minimum Gasteiger partial charge on any atom is -0.473 e. The molecule has 1 aromatic rings. The molecule has 2 N–H and O–H groups in total. The zero-order valence-corrected chi connectivity index (χ0v) is 19.4. The number of unbranched alkanes of at least 4 members (excludes halogenated alkanes) is 8. The number of imidazole rings is 1. The lowest BCUT2D eigenvalue weighted by Crippen LogP contribution is -2.19. The summed E-state index contributed by atoms with van der Waals surface area (Å²) in [6.07, 6.45) is 19.2. The zero-order valence-electron chi connectivity index (χ0n) is 18.6. The number of hydrogen-bond acceptors (Lipinski definition) is 5. The molecular weight excluding hydrogens is 404 g/mol. The molecule has 0 amide bonds. The number of carboxylic acid groups (broad SMARTS) is 2. The SMILES string of the molecule is CCCCCCCCCCOCC(Cn1ccnc1)SCCCC.O=C(O)C(=O)O. The van der Waals surface area contributed by atoms with Gasteiger partial charge in [0.2, 0.25) is 0 Å². The Labute approximate surface area is 185 Å². The Morgan fingerprint density at radius 1 is 0.967 bits per heavy atom. The molecule has 0 saturated carbocycles. The monoisotopic (exact) mass is 444 g/mol. The van der Waals surface area contributed by atoms with E-state index in [0.717, 1.165) is 19.8 Å². The summed E-state index contributed by atoms with van der Waals surface area (Å²) in [5, 5.41) is 15.3. The van der Waals surface area contributed by atoms with Crippen molar-refractivity contribution in [3.05, 3.63) is 18.7 Å². The van der Waals surface area contributed by atoms with Gasteiger partial charge in [0.05, 0.1) is 12.9 Å². The molecule has 1 unspecified atom stereocenters. The highest BCUT2D eigenvalue weighted by Crippen LogP contribution is 2.16. The zero-order chi connectivity index (χ0) is 22.5. The van der Waals surface area contributed by atoms with Gasteiger partial charge in [0, 0.05) is 30.8 Å². The lowest BCUT2D eigenvalue weighted by atomic mass is 10.1. The normalized spacial score (nSPS) is 11.5. The van der Waals surface area contributed by atoms with Crippen molar-refractivity contribution in [2.75, 3.05) is 19.0 Å². The van der Waals surface area contributed by atoms with Gasteiger partial charge in [-0.25, -0.2) is 14.6 Å². The molecule has 1 atom stereocenters. The smallest absolute Gasteiger partial charge is 0.414 e. The molecule has 0 aliphatic rings. The average Bonchev–Trinajstić information content (AvgIpc) is 3.23. The molecule has 0 fully saturated rings. The van der Waals surface area contributed by atoms with Crippen LogP contribution in [0.25, 0.3) is 0 Å². The topological polar surface area (TPSA) is 102 Å². The molecule has 0 spiro atoms. The van der Waals surface area contributed by atoms with Crippen LogP contribution in [0.15, 0.2) is 18.7 Å². The van der Waals surface area contributed by atoms with Crippen LogP contribution < -0.4 is 0 Å². The van der Waals surface area contributed by atoms with E-state index in [1.165, 1.54) is 70.0 Å². The van der Waals surface area contributed by atoms with Gasteiger partial charge in [0.25, 0.3) is 0 Å². The van der Waals surface area contributed by atoms with Crippen molar-refractivity contribution in [3.8, 4) is 0 Å². The van der Waals surface area contributed by atoms with E-state index in [9.17, 15) is 0 Å². The Morgan fingerprint density at radius 3 is 2.10 bits per heavy atom. The largest absolute Gasteiger partial charge is 0.473 e. The van der Waals surface area contributed by atoms with Crippen molar-refractivity contribution in [1.82, 2.24) is 9.55 Å². The summed E-state index contributed by atoms with van der Waals surface area (Å²) in [4.78, 5) is 22.3. The van der Waals surface area contributed by atoms with E-state index in [4.69, 9.17) is 24.5 Å². The Bertz CT molecular complexity index is 514. The number of thioether (sulfide) groups is 1. The highest BCUT2D eigenvalue weighted by atomic mass is 32.2. The maximum absolute atomic E-state index is 9.10. The summed E-state index contributed by atoms with van der Waals surface area (Å²) in [6, 6.07) is 0. The van der Waals surface area contributed by atoms with Gasteiger partial charge in [-0.15, -0.1) is 0 Å². The first-order valence-electron chi connectivity index (χ1n) is 11.1. The maximum atomic E-state index is 9.10. The summed E-state index contributed by atoms with van der Waals surface area (Å²) in [6.45, 7) is 7.32. The van der Waals surface area contributed by atoms with Crippen LogP contribution in [0.5, 0.6) is 0 Å². The highest BCUT2D eigenvalue weighted by Gasteiger charge is 2.10. The molecule has 0 bridgehead atoms. The second kappa shape index (κ2) is 20.7. The molecule has 1 heterocycles. The first-order valence-corrected chi connectivity index (χ1v) is 12.2. The lowest BCUT2D eigenvalue weighted by Gasteiger charge is -2.17. The molecule has 1 aromatic heterocycles. The van der Waals surface area contributed by atoms with E-state index in [2.05, 4.69) is 35.2 Å². The summed E-state index contributed by atoms with van der Waals surface area (Å²) < 4.78 is 8.14. The third-order valence-corrected chi connectivity index (χ3v) is 5.73. The van der Waals surface area contributed by atoms with Crippen LogP contribution in [0.4, 0.5) is 0 Å². The van der Waals surface area contributed by atoms with Gasteiger partial charge >= 0.3 is 11.9 Å². The van der Waals surface area contributed by atoms with Crippen molar-refractivity contribution in [1.29, 1.82) is 0 Å². The molecule has 0 aromatic carbocycles. The standard InChI is InChI=1S/C20H38N2OS.C2H2O4/c1-3-5-7-8-9-10-11-12-15-23-18-20(24-16-6-4-2)17-22-14-13-21-19-22;3-1(4)2(5)6/h13-14,19-20H,3-12,15-18H2,1-2H3;(H,3,4)(H,5,6). The number of nitrogens with zero attached hydrogens (tertiary/aromatic N) is 2. The van der Waals surface area contributed by atoms with Gasteiger partial charge in [-0.1, -0.05) is 65.2 Å². The minimum absolute atomic E-state index is 0.541. The van der Waals surface area contributed by atoms with E-state index in [1.807, 2.05) is 18.7 Å². The van der Waals surface area contributed by atoms with E-state index < -0.39 is 11.9 Å². The van der Waals surface area contributed by atoms with Gasteiger partial charge in [-0.05, 0) is 18.6 Å². The molecule has 0 aliphatic heterocycles. The lowest BCUT2D eigenvalue weighted by molar-refractivity contribution is -0.159. The molecule has 0 aliphatic carbocycles. The third-order valence-electron chi connectivity index (χ3n) is 4.45. The predicted octanol–water partition coefficient (Wildman–Crippen LogP) is 5.10. The van der Waals surface area contributed by atoms with Crippen LogP contribution >= 0.6 is 11.8 Å². The number of rotatable bonds is 17. The fourth-order valence-electron chi connectivity index (χ4n) is 2.73. The van der Waals surface area contributed by atoms with Crippen molar-refractivity contribution in [2.45, 2.75) is 89.9 Å². The Kier molecular flexibility index (Phi) is 19.7. The van der Waals surface area contributed by atoms with Crippen LogP contribution in [0, 0.1) is 0 Å². The Morgan fingerprint density at radius 2 is 1.57 bits per heavy atom. The van der Waals surface area contributed by atoms with Crippen molar-refractivity contribution in [2.24, 2.45) is 0 Å². The Hall–Kier alpha value is -1.54. The van der Waals surface area contributed by atoms with Crippen molar-refractivity contribution in [3.63, 3.8) is 0 Å². The summed E-state index contributed by atoms with van der Waals surface area (Å²) in [5.74, 6) is -2.42. The fraction of sp³-hybridized carbons (Fsp3) is 0.773. The number of aliphatic carboxylic acids is 2. The first kappa shape index (κ1) is 28.5. The molecule has 174 valence electrons. The van der Waals surface area contributed by atoms with Crippen molar-refractivity contribution < 1.29 is 24.5 Å². The van der Waals surface area contributed by atoms with Gasteiger partial charge in [-0.2, -0.15) is 11.8 Å². The van der Waals surface area contributed by atoms with E-state index in [1.54, 1.807) is 0 Å². The number of aromatic nitrogens is 2. The number of carboxylic acids is 2. The summed E-state index contributed by atoms with van der Waals surface area (Å²) in [5.41, 5.74) is 0. The van der Waals surface area contributed by atoms with Crippen LogP contribution in [-0.2, 0) is 20.9 Å². The highest BCUT2D eigenvalue weighted by molar-refractivity contribution is 7.99. The first-order chi connectivity index (χ1) is 14.5. The quantitative estimate of drug-likeness (QED) is 0.255. The molecule has 0 radical (unpaired) electrons. The van der Waals surface area contributed by atoms with E-state index >= 15 is 0 Å². The average molecular weight is 445 g/mol. The number of carbonyl (C=O) groups is 2. The molecule has 8 heteroatoms. The third kappa shape index (κ3) is 18.5. The van der Waals surface area contributed by atoms with Crippen LogP contribution in [-0.4, -0.2) is 55.9 Å². The second-order valence-electron chi connectivity index (χ2n) is 7.27. The second-order valence-corrected chi connectivity index (χ2v) is 8.67. The van der Waals surface area contributed by atoms with Gasteiger partial charge in [0.15, 0.2) is 0 Å². The van der Waals surface area contributed by atoms with Crippen LogP contribution in [0.1, 0.15) is 78.1 Å². The minimum atomic E-state index is -1.82. The fourth-order valence-corrected chi connectivity index (χ4v) is 3.99. The summed E-state index contributed by atoms with van der Waals surface area (Å²) >= 11 is 2.05. The summed E-state index contributed by atoms with van der Waals surface area (Å²) in [7, 11) is 0. The van der Waals surface area contributed by atoms with Gasteiger partial charge in [0.1, 0.15) is 0 Å². The molecular formula is C22H40N2O5S. The molecule has 0 saturated heterocycles. The maximum Gasteiger partial charge on any atom is 0.414 e. The van der Waals surface area contributed by atoms with Crippen molar-refractivity contribution >= 4 is 23.7 Å². The molecule has 1 rings (SSSR count). The van der Waals surface area contributed by atoms with Gasteiger partial charge < -0.3 is 19.5 Å². The van der Waals surface area contributed by atoms with Crippen LogP contribution in [0.2, 0.25) is 0 Å². The van der Waals surface area contributed by atoms with Gasteiger partial charge in [-0.3, -0.25) is 0 Å². The predicted molar refractivity (Wildman–Crippen MR) is 122 cm³/mol. The Balaban J connectivity index is 0.00000122. The van der Waals surface area contributed by atoms with E-state index in [-0.39, 0.29) is 0 Å². The van der Waals surface area contributed by atoms with E-state index in [0.29, 0.717) is 5.25 Å². The number of hydrogen-bond donors (Lipinski definition) is 2. The molecule has 30 heavy (non-hydrogen) atoms. The molecule has 7 nitrogen and oxygen atoms in total.